The number of carbonyl (C=O) groups excluding carboxylic acids is 2. The first-order chi connectivity index (χ1) is 14.0. The Balaban J connectivity index is 1.90. The summed E-state index contributed by atoms with van der Waals surface area (Å²) in [6.45, 7) is 3.08. The highest BCUT2D eigenvalue weighted by Crippen LogP contribution is 2.28. The van der Waals surface area contributed by atoms with E-state index in [1.165, 1.54) is 16.2 Å². The van der Waals surface area contributed by atoms with Gasteiger partial charge in [-0.25, -0.2) is 0 Å². The van der Waals surface area contributed by atoms with Crippen LogP contribution in [0.5, 0.6) is 11.5 Å². The molecule has 2 aromatic rings. The van der Waals surface area contributed by atoms with Crippen LogP contribution in [0.15, 0.2) is 41.4 Å². The minimum atomic E-state index is -0.292. The van der Waals surface area contributed by atoms with E-state index in [0.717, 1.165) is 18.7 Å². The maximum atomic E-state index is 13.2. The van der Waals surface area contributed by atoms with Gasteiger partial charge in [-0.3, -0.25) is 9.59 Å². The molecule has 1 aromatic heterocycles. The quantitative estimate of drug-likeness (QED) is 0.687. The fourth-order valence-electron chi connectivity index (χ4n) is 3.11. The van der Waals surface area contributed by atoms with Crippen LogP contribution >= 0.6 is 11.3 Å². The second-order valence-corrected chi connectivity index (χ2v) is 7.80. The lowest BCUT2D eigenvalue weighted by molar-refractivity contribution is -0.883. The smallest absolute Gasteiger partial charge is 0.270 e. The summed E-state index contributed by atoms with van der Waals surface area (Å²) in [4.78, 5) is 29.5. The lowest BCUT2D eigenvalue weighted by Crippen LogP contribution is -3.12. The molecule has 0 atom stereocenters. The number of benzene rings is 1. The van der Waals surface area contributed by atoms with Crippen LogP contribution in [-0.4, -0.2) is 64.2 Å². The number of likely N-dealkylation sites (N-methyl/N-ethyl adjacent to an activating group) is 1. The normalized spacial score (nSPS) is 15.1. The summed E-state index contributed by atoms with van der Waals surface area (Å²) < 4.78 is 10.6. The van der Waals surface area contributed by atoms with Gasteiger partial charge in [-0.2, -0.15) is 0 Å². The van der Waals surface area contributed by atoms with Crippen LogP contribution in [0, 0.1) is 0 Å². The number of amides is 2. The minimum absolute atomic E-state index is 0.183. The molecule has 1 aromatic carbocycles. The van der Waals surface area contributed by atoms with Gasteiger partial charge in [-0.15, -0.1) is 11.3 Å². The van der Waals surface area contributed by atoms with E-state index in [-0.39, 0.29) is 17.5 Å². The number of thiophene rings is 1. The summed E-state index contributed by atoms with van der Waals surface area (Å²) >= 11 is 1.33. The van der Waals surface area contributed by atoms with Crippen molar-refractivity contribution >= 4 is 29.2 Å². The first kappa shape index (κ1) is 20.9. The number of ether oxygens (including phenoxy) is 2. The number of hydrogen-bond acceptors (Lipinski definition) is 5. The first-order valence-corrected chi connectivity index (χ1v) is 10.3. The van der Waals surface area contributed by atoms with E-state index in [4.69, 9.17) is 9.47 Å². The molecule has 7 nitrogen and oxygen atoms in total. The number of nitrogens with zero attached hydrogens (tertiary/aromatic N) is 1. The summed E-state index contributed by atoms with van der Waals surface area (Å²) in [5.74, 6) is 0.681. The van der Waals surface area contributed by atoms with Crippen LogP contribution in [0.1, 0.15) is 15.2 Å². The molecule has 0 bridgehead atoms. The van der Waals surface area contributed by atoms with Crippen molar-refractivity contribution in [1.82, 2.24) is 10.2 Å². The van der Waals surface area contributed by atoms with Gasteiger partial charge in [0.25, 0.3) is 11.8 Å². The van der Waals surface area contributed by atoms with Gasteiger partial charge in [-0.1, -0.05) is 12.1 Å². The Labute approximate surface area is 174 Å². The fourth-order valence-corrected chi connectivity index (χ4v) is 3.73. The van der Waals surface area contributed by atoms with Crippen LogP contribution in [0.4, 0.5) is 0 Å². The molecule has 1 saturated heterocycles. The van der Waals surface area contributed by atoms with Crippen molar-refractivity contribution in [3.63, 3.8) is 0 Å². The Morgan fingerprint density at radius 3 is 2.48 bits per heavy atom. The van der Waals surface area contributed by atoms with Crippen LogP contribution in [0.25, 0.3) is 6.08 Å². The average Bonchev–Trinajstić information content (AvgIpc) is 3.28. The molecule has 0 saturated carbocycles. The molecule has 0 radical (unpaired) electrons. The van der Waals surface area contributed by atoms with E-state index in [2.05, 4.69) is 12.4 Å². The SMILES string of the molecule is COc1ccc(/C=C(\NC(=O)c2cccs2)C(=O)N2CC[NH+](C)CC2)cc1OC. The Hall–Kier alpha value is -2.84. The molecule has 0 unspecified atom stereocenters. The number of rotatable bonds is 6. The molecule has 2 heterocycles. The van der Waals surface area contributed by atoms with E-state index in [0.29, 0.717) is 29.5 Å². The first-order valence-electron chi connectivity index (χ1n) is 9.41. The number of carbonyl (C=O) groups is 2. The molecule has 29 heavy (non-hydrogen) atoms. The van der Waals surface area contributed by atoms with Gasteiger partial charge >= 0.3 is 0 Å². The average molecular weight is 417 g/mol. The maximum Gasteiger partial charge on any atom is 0.270 e. The molecule has 154 valence electrons. The number of quaternary nitrogens is 1. The largest absolute Gasteiger partial charge is 0.493 e. The second kappa shape index (κ2) is 9.58. The fraction of sp³-hybridized carbons (Fsp3) is 0.333. The number of piperazine rings is 1. The Kier molecular flexibility index (Phi) is 6.90. The van der Waals surface area contributed by atoms with Crippen molar-refractivity contribution in [3.8, 4) is 11.5 Å². The van der Waals surface area contributed by atoms with E-state index >= 15 is 0 Å². The Bertz CT molecular complexity index is 887. The van der Waals surface area contributed by atoms with Gasteiger partial charge in [0.2, 0.25) is 0 Å². The van der Waals surface area contributed by atoms with Gasteiger partial charge in [0.15, 0.2) is 11.5 Å². The van der Waals surface area contributed by atoms with E-state index in [9.17, 15) is 9.59 Å². The molecular weight excluding hydrogens is 390 g/mol. The predicted molar refractivity (Wildman–Crippen MR) is 113 cm³/mol. The summed E-state index contributed by atoms with van der Waals surface area (Å²) in [6, 6.07) is 8.91. The van der Waals surface area contributed by atoms with E-state index in [1.54, 1.807) is 43.4 Å². The third-order valence-electron chi connectivity index (χ3n) is 4.85. The maximum absolute atomic E-state index is 13.2. The topological polar surface area (TPSA) is 72.3 Å². The van der Waals surface area contributed by atoms with Crippen molar-refractivity contribution in [2.45, 2.75) is 0 Å². The molecule has 0 aliphatic carbocycles. The summed E-state index contributed by atoms with van der Waals surface area (Å²) in [6.07, 6.45) is 1.68. The monoisotopic (exact) mass is 416 g/mol. The molecule has 1 aliphatic heterocycles. The Morgan fingerprint density at radius 1 is 1.14 bits per heavy atom. The zero-order chi connectivity index (χ0) is 20.8. The van der Waals surface area contributed by atoms with Gasteiger partial charge in [0, 0.05) is 0 Å². The highest BCUT2D eigenvalue weighted by molar-refractivity contribution is 7.12. The Morgan fingerprint density at radius 2 is 1.86 bits per heavy atom. The summed E-state index contributed by atoms with van der Waals surface area (Å²) in [5, 5.41) is 4.64. The van der Waals surface area contributed by atoms with Gasteiger partial charge in [0.05, 0.1) is 52.3 Å². The van der Waals surface area contributed by atoms with E-state index < -0.39 is 0 Å². The van der Waals surface area contributed by atoms with Crippen molar-refractivity contribution in [3.05, 3.63) is 51.8 Å². The molecule has 2 N–H and O–H groups in total. The van der Waals surface area contributed by atoms with Crippen LogP contribution in [0.2, 0.25) is 0 Å². The molecule has 1 fully saturated rings. The molecule has 0 spiro atoms. The number of methoxy groups -OCH3 is 2. The lowest BCUT2D eigenvalue weighted by Gasteiger charge is -2.30. The van der Waals surface area contributed by atoms with Gasteiger partial charge in [-0.05, 0) is 35.2 Å². The summed E-state index contributed by atoms with van der Waals surface area (Å²) in [7, 11) is 5.24. The third kappa shape index (κ3) is 5.16. The van der Waals surface area contributed by atoms with E-state index in [1.807, 2.05) is 17.5 Å². The van der Waals surface area contributed by atoms with Crippen molar-refractivity contribution in [2.75, 3.05) is 47.4 Å². The second-order valence-electron chi connectivity index (χ2n) is 6.85. The summed E-state index contributed by atoms with van der Waals surface area (Å²) in [5.41, 5.74) is 0.979. The molecule has 1 aliphatic rings. The molecule has 3 rings (SSSR count). The number of nitrogens with one attached hydrogen (secondary N) is 2. The van der Waals surface area contributed by atoms with Gasteiger partial charge in [0.1, 0.15) is 5.70 Å². The van der Waals surface area contributed by atoms with Crippen LogP contribution in [-0.2, 0) is 4.79 Å². The molecular formula is C21H26N3O4S+. The van der Waals surface area contributed by atoms with Gasteiger partial charge < -0.3 is 24.6 Å². The van der Waals surface area contributed by atoms with Crippen molar-refractivity contribution in [1.29, 1.82) is 0 Å². The molecule has 8 heteroatoms. The number of hydrogen-bond donors (Lipinski definition) is 2. The third-order valence-corrected chi connectivity index (χ3v) is 5.72. The predicted octanol–water partition coefficient (Wildman–Crippen LogP) is 0.893. The zero-order valence-electron chi connectivity index (χ0n) is 16.9. The minimum Gasteiger partial charge on any atom is -0.493 e. The standard InChI is InChI=1S/C21H25N3O4S/c1-23-8-10-24(11-9-23)21(26)16(22-20(25)19-5-4-12-29-19)13-15-6-7-17(27-2)18(14-15)28-3/h4-7,12-14H,8-11H2,1-3H3,(H,22,25)/p+1/b16-13-. The van der Waals surface area contributed by atoms with Crippen molar-refractivity contribution in [2.24, 2.45) is 0 Å². The molecule has 2 amide bonds. The van der Waals surface area contributed by atoms with Crippen molar-refractivity contribution < 1.29 is 24.0 Å². The van der Waals surface area contributed by atoms with Crippen LogP contribution < -0.4 is 19.7 Å². The lowest BCUT2D eigenvalue weighted by atomic mass is 10.1. The van der Waals surface area contributed by atoms with Crippen LogP contribution in [0.3, 0.4) is 0 Å². The zero-order valence-corrected chi connectivity index (χ0v) is 17.7. The highest BCUT2D eigenvalue weighted by Gasteiger charge is 2.25. The highest BCUT2D eigenvalue weighted by atomic mass is 32.1.